The van der Waals surface area contributed by atoms with E-state index >= 15 is 0 Å². The summed E-state index contributed by atoms with van der Waals surface area (Å²) < 4.78 is 0. The van der Waals surface area contributed by atoms with E-state index in [1.807, 2.05) is 49.9 Å². The third-order valence-electron chi connectivity index (χ3n) is 5.29. The summed E-state index contributed by atoms with van der Waals surface area (Å²) in [4.78, 5) is 40.6. The van der Waals surface area contributed by atoms with Crippen LogP contribution in [0.1, 0.15) is 46.5 Å². The highest BCUT2D eigenvalue weighted by atomic mass is 16.2. The maximum atomic E-state index is 12.6. The number of hydrogen-bond donors (Lipinski definition) is 1. The summed E-state index contributed by atoms with van der Waals surface area (Å²) in [6.45, 7) is 7.74. The summed E-state index contributed by atoms with van der Waals surface area (Å²) in [6.07, 6.45) is 2.82. The van der Waals surface area contributed by atoms with Gasteiger partial charge in [-0.15, -0.1) is 0 Å². The van der Waals surface area contributed by atoms with Crippen LogP contribution in [0, 0.1) is 11.3 Å². The van der Waals surface area contributed by atoms with Crippen LogP contribution in [0.4, 0.5) is 11.4 Å². The first-order valence-electron chi connectivity index (χ1n) is 9.76. The molecule has 0 bridgehead atoms. The van der Waals surface area contributed by atoms with Gasteiger partial charge in [0, 0.05) is 48.8 Å². The van der Waals surface area contributed by atoms with Crippen LogP contribution in [-0.4, -0.2) is 42.3 Å². The summed E-state index contributed by atoms with van der Waals surface area (Å²) in [6, 6.07) is 7.47. The third kappa shape index (κ3) is 4.49. The zero-order chi connectivity index (χ0) is 19.6. The molecule has 2 saturated heterocycles. The van der Waals surface area contributed by atoms with Gasteiger partial charge in [0.2, 0.25) is 17.7 Å². The zero-order valence-corrected chi connectivity index (χ0v) is 16.5. The minimum absolute atomic E-state index is 0.0113. The average Bonchev–Trinajstić information content (AvgIpc) is 3.06. The molecule has 2 fully saturated rings. The molecule has 0 spiro atoms. The Balaban J connectivity index is 1.57. The molecule has 2 aliphatic rings. The van der Waals surface area contributed by atoms with E-state index in [9.17, 15) is 14.4 Å². The molecule has 1 N–H and O–H groups in total. The van der Waals surface area contributed by atoms with Crippen molar-refractivity contribution >= 4 is 29.1 Å². The first kappa shape index (κ1) is 19.4. The Kier molecular flexibility index (Phi) is 5.53. The smallest absolute Gasteiger partial charge is 0.227 e. The van der Waals surface area contributed by atoms with E-state index in [0.717, 1.165) is 18.7 Å². The highest BCUT2D eigenvalue weighted by Crippen LogP contribution is 2.27. The Bertz CT molecular complexity index is 730. The van der Waals surface area contributed by atoms with Gasteiger partial charge in [-0.2, -0.15) is 0 Å². The first-order chi connectivity index (χ1) is 12.8. The zero-order valence-electron chi connectivity index (χ0n) is 16.5. The molecule has 0 saturated carbocycles. The predicted molar refractivity (Wildman–Crippen MR) is 105 cm³/mol. The van der Waals surface area contributed by atoms with Gasteiger partial charge in [-0.1, -0.05) is 26.8 Å². The number of rotatable bonds is 3. The molecule has 0 radical (unpaired) electrons. The van der Waals surface area contributed by atoms with Crippen LogP contribution in [0.2, 0.25) is 0 Å². The number of carbonyl (C=O) groups excluding carboxylic acids is 3. The number of carbonyl (C=O) groups is 3. The Morgan fingerprint density at radius 2 is 1.81 bits per heavy atom. The number of benzene rings is 1. The fourth-order valence-electron chi connectivity index (χ4n) is 3.74. The van der Waals surface area contributed by atoms with E-state index in [2.05, 4.69) is 5.32 Å². The topological polar surface area (TPSA) is 69.7 Å². The normalized spacial score (nSPS) is 18.7. The number of amides is 3. The van der Waals surface area contributed by atoms with Gasteiger partial charge in [0.05, 0.1) is 0 Å². The Labute approximate surface area is 160 Å². The van der Waals surface area contributed by atoms with Crippen molar-refractivity contribution in [1.29, 1.82) is 0 Å². The van der Waals surface area contributed by atoms with Crippen molar-refractivity contribution in [3.05, 3.63) is 24.3 Å². The highest BCUT2D eigenvalue weighted by Gasteiger charge is 2.32. The van der Waals surface area contributed by atoms with E-state index in [1.54, 1.807) is 4.90 Å². The van der Waals surface area contributed by atoms with Crippen molar-refractivity contribution in [2.45, 2.75) is 46.5 Å². The quantitative estimate of drug-likeness (QED) is 0.888. The van der Waals surface area contributed by atoms with Crippen molar-refractivity contribution in [3.8, 4) is 0 Å². The largest absolute Gasteiger partial charge is 0.342 e. The molecule has 2 heterocycles. The second kappa shape index (κ2) is 7.71. The number of piperidine rings is 1. The van der Waals surface area contributed by atoms with Gasteiger partial charge in [0.1, 0.15) is 0 Å². The number of nitrogens with zero attached hydrogens (tertiary/aromatic N) is 2. The number of anilines is 2. The van der Waals surface area contributed by atoms with Gasteiger partial charge in [0.25, 0.3) is 0 Å². The van der Waals surface area contributed by atoms with Crippen molar-refractivity contribution in [1.82, 2.24) is 4.90 Å². The molecule has 146 valence electrons. The average molecular weight is 371 g/mol. The lowest BCUT2D eigenvalue weighted by Crippen LogP contribution is -2.45. The minimum atomic E-state index is -0.386. The monoisotopic (exact) mass is 371 g/mol. The number of likely N-dealkylation sites (tertiary alicyclic amines) is 1. The first-order valence-corrected chi connectivity index (χ1v) is 9.76. The summed E-state index contributed by atoms with van der Waals surface area (Å²) >= 11 is 0. The molecule has 2 aliphatic heterocycles. The van der Waals surface area contributed by atoms with Crippen LogP contribution < -0.4 is 10.2 Å². The Morgan fingerprint density at radius 1 is 1.11 bits per heavy atom. The maximum absolute atomic E-state index is 12.6. The van der Waals surface area contributed by atoms with Crippen LogP contribution in [0.25, 0.3) is 0 Å². The summed E-state index contributed by atoms with van der Waals surface area (Å²) in [7, 11) is 0. The van der Waals surface area contributed by atoms with E-state index in [0.29, 0.717) is 38.0 Å². The van der Waals surface area contributed by atoms with Gasteiger partial charge in [-0.25, -0.2) is 0 Å². The van der Waals surface area contributed by atoms with E-state index < -0.39 is 0 Å². The molecule has 3 amide bonds. The van der Waals surface area contributed by atoms with Crippen LogP contribution in [-0.2, 0) is 14.4 Å². The second-order valence-corrected chi connectivity index (χ2v) is 8.50. The molecule has 0 aliphatic carbocycles. The van der Waals surface area contributed by atoms with Crippen molar-refractivity contribution in [2.24, 2.45) is 11.3 Å². The highest BCUT2D eigenvalue weighted by molar-refractivity contribution is 5.97. The molecule has 27 heavy (non-hydrogen) atoms. The molecular weight excluding hydrogens is 342 g/mol. The van der Waals surface area contributed by atoms with Gasteiger partial charge in [-0.3, -0.25) is 14.4 Å². The Morgan fingerprint density at radius 3 is 2.41 bits per heavy atom. The lowest BCUT2D eigenvalue weighted by Gasteiger charge is -2.35. The van der Waals surface area contributed by atoms with E-state index in [-0.39, 0.29) is 29.1 Å². The molecule has 6 nitrogen and oxygen atoms in total. The molecule has 6 heteroatoms. The second-order valence-electron chi connectivity index (χ2n) is 8.50. The minimum Gasteiger partial charge on any atom is -0.342 e. The lowest BCUT2D eigenvalue weighted by atomic mass is 9.90. The van der Waals surface area contributed by atoms with Crippen molar-refractivity contribution < 1.29 is 14.4 Å². The summed E-state index contributed by atoms with van der Waals surface area (Å²) in [5.74, 6) is 0.174. The maximum Gasteiger partial charge on any atom is 0.227 e. The molecule has 3 rings (SSSR count). The molecule has 1 aromatic carbocycles. The van der Waals surface area contributed by atoms with Crippen molar-refractivity contribution in [2.75, 3.05) is 29.9 Å². The van der Waals surface area contributed by atoms with Gasteiger partial charge in [-0.05, 0) is 37.5 Å². The Hall–Kier alpha value is -2.37. The summed E-state index contributed by atoms with van der Waals surface area (Å²) in [5, 5.41) is 2.98. The third-order valence-corrected chi connectivity index (χ3v) is 5.29. The number of nitrogens with one attached hydrogen (secondary N) is 1. The molecule has 0 aromatic heterocycles. The SMILES string of the molecule is CC(C)(C)C(=O)N1CCC(C(=O)Nc2cccc(N3CCCC3=O)c2)CC1. The standard InChI is InChI=1S/C21H29N3O3/c1-21(2,3)20(27)23-12-9-15(10-13-23)19(26)22-16-6-4-7-17(14-16)24-11-5-8-18(24)25/h4,6-7,14-15H,5,8-13H2,1-3H3,(H,22,26). The van der Waals surface area contributed by atoms with Crippen LogP contribution in [0.15, 0.2) is 24.3 Å². The van der Waals surface area contributed by atoms with Crippen LogP contribution >= 0.6 is 0 Å². The predicted octanol–water partition coefficient (Wildman–Crippen LogP) is 3.04. The lowest BCUT2D eigenvalue weighted by molar-refractivity contribution is -0.142. The molecule has 1 aromatic rings. The van der Waals surface area contributed by atoms with E-state index in [4.69, 9.17) is 0 Å². The van der Waals surface area contributed by atoms with Crippen LogP contribution in [0.3, 0.4) is 0 Å². The van der Waals surface area contributed by atoms with Gasteiger partial charge >= 0.3 is 0 Å². The van der Waals surface area contributed by atoms with Crippen molar-refractivity contribution in [3.63, 3.8) is 0 Å². The fourth-order valence-corrected chi connectivity index (χ4v) is 3.74. The molecular formula is C21H29N3O3. The fraction of sp³-hybridized carbons (Fsp3) is 0.571. The number of hydrogen-bond acceptors (Lipinski definition) is 3. The molecule has 0 unspecified atom stereocenters. The molecule has 0 atom stereocenters. The van der Waals surface area contributed by atoms with Gasteiger partial charge in [0.15, 0.2) is 0 Å². The summed E-state index contributed by atoms with van der Waals surface area (Å²) in [5.41, 5.74) is 1.16. The van der Waals surface area contributed by atoms with E-state index in [1.165, 1.54) is 0 Å². The van der Waals surface area contributed by atoms with Crippen LogP contribution in [0.5, 0.6) is 0 Å². The van der Waals surface area contributed by atoms with Gasteiger partial charge < -0.3 is 15.1 Å².